The van der Waals surface area contributed by atoms with E-state index in [1.165, 1.54) is 4.90 Å². The molecule has 1 N–H and O–H groups in total. The van der Waals surface area contributed by atoms with Gasteiger partial charge in [0.1, 0.15) is 12.6 Å². The van der Waals surface area contributed by atoms with Gasteiger partial charge in [0.25, 0.3) is 10.0 Å². The number of amides is 2. The van der Waals surface area contributed by atoms with Gasteiger partial charge in [0.2, 0.25) is 11.8 Å². The number of carbonyl (C=O) groups is 2. The highest BCUT2D eigenvalue weighted by atomic mass is 79.9. The Hall–Kier alpha value is -3.17. The second kappa shape index (κ2) is 12.6. The molecular formula is C31H38BrN3O4S. The first-order chi connectivity index (χ1) is 18.6. The van der Waals surface area contributed by atoms with Crippen molar-refractivity contribution < 1.29 is 18.0 Å². The molecule has 0 saturated carbocycles. The van der Waals surface area contributed by atoms with Gasteiger partial charge < -0.3 is 10.2 Å². The third-order valence-corrected chi connectivity index (χ3v) is 8.70. The fourth-order valence-corrected chi connectivity index (χ4v) is 6.14. The van der Waals surface area contributed by atoms with Crippen LogP contribution in [0.3, 0.4) is 0 Å². The molecule has 2 amide bonds. The van der Waals surface area contributed by atoms with E-state index in [1.54, 1.807) is 37.3 Å². The lowest BCUT2D eigenvalue weighted by Crippen LogP contribution is -2.54. The Balaban J connectivity index is 2.08. The minimum Gasteiger partial charge on any atom is -0.350 e. The van der Waals surface area contributed by atoms with Gasteiger partial charge in [0, 0.05) is 16.6 Å². The first kappa shape index (κ1) is 31.4. The van der Waals surface area contributed by atoms with E-state index in [0.717, 1.165) is 25.5 Å². The van der Waals surface area contributed by atoms with E-state index < -0.39 is 34.1 Å². The molecular weight excluding hydrogens is 590 g/mol. The topological polar surface area (TPSA) is 86.8 Å². The summed E-state index contributed by atoms with van der Waals surface area (Å²) in [6, 6.07) is 18.7. The number of sulfonamides is 1. The van der Waals surface area contributed by atoms with Gasteiger partial charge in [0.05, 0.1) is 10.6 Å². The van der Waals surface area contributed by atoms with Crippen molar-refractivity contribution in [2.75, 3.05) is 10.8 Å². The van der Waals surface area contributed by atoms with Gasteiger partial charge in [-0.1, -0.05) is 57.9 Å². The molecule has 0 aliphatic heterocycles. The summed E-state index contributed by atoms with van der Waals surface area (Å²) in [6.07, 6.45) is 0. The zero-order valence-electron chi connectivity index (χ0n) is 24.2. The number of hydrogen-bond acceptors (Lipinski definition) is 4. The Morgan fingerprint density at radius 1 is 0.925 bits per heavy atom. The van der Waals surface area contributed by atoms with Crippen molar-refractivity contribution in [3.63, 3.8) is 0 Å². The molecule has 0 heterocycles. The summed E-state index contributed by atoms with van der Waals surface area (Å²) >= 11 is 3.47. The van der Waals surface area contributed by atoms with Gasteiger partial charge in [-0.2, -0.15) is 0 Å². The Labute approximate surface area is 246 Å². The second-order valence-corrected chi connectivity index (χ2v) is 14.0. The Morgan fingerprint density at radius 3 is 2.15 bits per heavy atom. The summed E-state index contributed by atoms with van der Waals surface area (Å²) in [5, 5.41) is 2.94. The molecule has 0 radical (unpaired) electrons. The van der Waals surface area contributed by atoms with E-state index in [9.17, 15) is 18.0 Å². The van der Waals surface area contributed by atoms with Gasteiger partial charge in [-0.25, -0.2) is 8.42 Å². The van der Waals surface area contributed by atoms with E-state index in [4.69, 9.17) is 0 Å². The van der Waals surface area contributed by atoms with Crippen LogP contribution < -0.4 is 9.62 Å². The van der Waals surface area contributed by atoms with E-state index in [1.807, 2.05) is 77.9 Å². The van der Waals surface area contributed by atoms with Crippen molar-refractivity contribution in [1.29, 1.82) is 0 Å². The SMILES string of the molecule is Cc1ccc(S(=O)(=O)N(CC(=O)N(Cc2cccc(Br)c2)[C@@H](C)C(=O)NC(C)(C)C)c2cc(C)ccc2C)cc1. The quantitative estimate of drug-likeness (QED) is 0.320. The van der Waals surface area contributed by atoms with Crippen LogP contribution in [0.1, 0.15) is 49.9 Å². The van der Waals surface area contributed by atoms with Gasteiger partial charge in [-0.15, -0.1) is 0 Å². The average Bonchev–Trinajstić information content (AvgIpc) is 2.86. The molecule has 1 atom stereocenters. The van der Waals surface area contributed by atoms with E-state index >= 15 is 0 Å². The molecule has 214 valence electrons. The first-order valence-corrected chi connectivity index (χ1v) is 15.3. The van der Waals surface area contributed by atoms with Crippen molar-refractivity contribution in [2.24, 2.45) is 0 Å². The highest BCUT2D eigenvalue weighted by Crippen LogP contribution is 2.29. The Bertz CT molecular complexity index is 1480. The number of rotatable bonds is 9. The maximum atomic E-state index is 14.1. The van der Waals surface area contributed by atoms with Crippen LogP contribution in [-0.2, 0) is 26.2 Å². The van der Waals surface area contributed by atoms with Crippen molar-refractivity contribution in [3.8, 4) is 0 Å². The lowest BCUT2D eigenvalue weighted by Gasteiger charge is -2.34. The molecule has 0 fully saturated rings. The summed E-state index contributed by atoms with van der Waals surface area (Å²) < 4.78 is 30.1. The molecule has 3 aromatic carbocycles. The second-order valence-electron chi connectivity index (χ2n) is 11.2. The van der Waals surface area contributed by atoms with Crippen LogP contribution in [0, 0.1) is 20.8 Å². The van der Waals surface area contributed by atoms with E-state index in [-0.39, 0.29) is 17.3 Å². The smallest absolute Gasteiger partial charge is 0.264 e. The molecule has 0 spiro atoms. The Kier molecular flexibility index (Phi) is 9.85. The van der Waals surface area contributed by atoms with E-state index in [0.29, 0.717) is 11.3 Å². The van der Waals surface area contributed by atoms with Gasteiger partial charge in [-0.3, -0.25) is 13.9 Å². The lowest BCUT2D eigenvalue weighted by atomic mass is 10.1. The van der Waals surface area contributed by atoms with Crippen LogP contribution in [0.5, 0.6) is 0 Å². The molecule has 40 heavy (non-hydrogen) atoms. The molecule has 0 unspecified atom stereocenters. The third-order valence-electron chi connectivity index (χ3n) is 6.43. The Morgan fingerprint density at radius 2 is 1.55 bits per heavy atom. The van der Waals surface area contributed by atoms with Crippen LogP contribution in [-0.4, -0.2) is 43.3 Å². The van der Waals surface area contributed by atoms with Gasteiger partial charge in [0.15, 0.2) is 0 Å². The van der Waals surface area contributed by atoms with Crippen LogP contribution >= 0.6 is 15.9 Å². The predicted molar refractivity (Wildman–Crippen MR) is 164 cm³/mol. The van der Waals surface area contributed by atoms with Crippen LogP contribution in [0.25, 0.3) is 0 Å². The summed E-state index contributed by atoms with van der Waals surface area (Å²) in [4.78, 5) is 28.8. The lowest BCUT2D eigenvalue weighted by molar-refractivity contribution is -0.140. The zero-order chi connectivity index (χ0) is 29.8. The van der Waals surface area contributed by atoms with Crippen LogP contribution in [0.2, 0.25) is 0 Å². The van der Waals surface area contributed by atoms with E-state index in [2.05, 4.69) is 21.2 Å². The van der Waals surface area contributed by atoms with Crippen LogP contribution in [0.4, 0.5) is 5.69 Å². The molecule has 3 aromatic rings. The monoisotopic (exact) mass is 627 g/mol. The van der Waals surface area contributed by atoms with Crippen molar-refractivity contribution in [2.45, 2.75) is 71.5 Å². The number of halogens is 1. The van der Waals surface area contributed by atoms with Gasteiger partial charge >= 0.3 is 0 Å². The summed E-state index contributed by atoms with van der Waals surface area (Å²) in [7, 11) is -4.12. The minimum absolute atomic E-state index is 0.0869. The number of nitrogens with one attached hydrogen (secondary N) is 1. The standard InChI is InChI=1S/C31H38BrN3O4S/c1-21-12-15-27(16-13-21)40(38,39)35(28-17-22(2)11-14-23(28)3)20-29(36)34(19-25-9-8-10-26(32)18-25)24(4)30(37)33-31(5,6)7/h8-18,24H,19-20H2,1-7H3,(H,33,37)/t24-/m0/s1. The molecule has 0 aliphatic carbocycles. The number of anilines is 1. The normalized spacial score (nSPS) is 12.5. The first-order valence-electron chi connectivity index (χ1n) is 13.1. The summed E-state index contributed by atoms with van der Waals surface area (Å²) in [5.41, 5.74) is 3.22. The minimum atomic E-state index is -4.12. The highest BCUT2D eigenvalue weighted by molar-refractivity contribution is 9.10. The number of nitrogens with zero attached hydrogens (tertiary/aromatic N) is 2. The highest BCUT2D eigenvalue weighted by Gasteiger charge is 2.34. The number of carbonyl (C=O) groups excluding carboxylic acids is 2. The average molecular weight is 629 g/mol. The molecule has 7 nitrogen and oxygen atoms in total. The van der Waals surface area contributed by atoms with Gasteiger partial charge in [-0.05, 0) is 95.5 Å². The van der Waals surface area contributed by atoms with Crippen molar-refractivity contribution >= 4 is 43.5 Å². The molecule has 9 heteroatoms. The third kappa shape index (κ3) is 7.95. The summed E-state index contributed by atoms with van der Waals surface area (Å²) in [5.74, 6) is -0.816. The number of aryl methyl sites for hydroxylation is 3. The molecule has 3 rings (SSSR count). The van der Waals surface area contributed by atoms with Crippen molar-refractivity contribution in [3.05, 3.63) is 93.5 Å². The summed E-state index contributed by atoms with van der Waals surface area (Å²) in [6.45, 7) is 12.5. The molecule has 0 saturated heterocycles. The largest absolute Gasteiger partial charge is 0.350 e. The molecule has 0 aromatic heterocycles. The maximum absolute atomic E-state index is 14.1. The zero-order valence-corrected chi connectivity index (χ0v) is 26.6. The fraction of sp³-hybridized carbons (Fsp3) is 0.355. The molecule has 0 aliphatic rings. The predicted octanol–water partition coefficient (Wildman–Crippen LogP) is 5.90. The maximum Gasteiger partial charge on any atom is 0.264 e. The fourth-order valence-electron chi connectivity index (χ4n) is 4.23. The number of benzene rings is 3. The molecule has 0 bridgehead atoms. The van der Waals surface area contributed by atoms with Crippen molar-refractivity contribution in [1.82, 2.24) is 10.2 Å². The number of hydrogen-bond donors (Lipinski definition) is 1. The van der Waals surface area contributed by atoms with Crippen LogP contribution in [0.15, 0.2) is 76.1 Å².